The number of aryl methyl sites for hydroxylation is 3. The van der Waals surface area contributed by atoms with Crippen molar-refractivity contribution in [3.05, 3.63) is 81.0 Å². The minimum Gasteiger partial charge on any atom is -0.489 e. The fraction of sp³-hybridized carbons (Fsp3) is 0.190. The molecule has 1 amide bonds. The van der Waals surface area contributed by atoms with E-state index < -0.39 is 0 Å². The fourth-order valence-corrected chi connectivity index (χ4v) is 3.29. The van der Waals surface area contributed by atoms with Crippen LogP contribution >= 0.6 is 11.3 Å². The summed E-state index contributed by atoms with van der Waals surface area (Å²) in [6.07, 6.45) is 0. The molecule has 3 nitrogen and oxygen atoms in total. The Morgan fingerprint density at radius 3 is 2.64 bits per heavy atom. The lowest BCUT2D eigenvalue weighted by Crippen LogP contribution is -2.11. The van der Waals surface area contributed by atoms with Gasteiger partial charge >= 0.3 is 0 Å². The summed E-state index contributed by atoms with van der Waals surface area (Å²) in [5, 5.41) is 4.96. The molecule has 0 aliphatic heterocycles. The summed E-state index contributed by atoms with van der Waals surface area (Å²) in [7, 11) is 0. The highest BCUT2D eigenvalue weighted by atomic mass is 32.1. The Kier molecular flexibility index (Phi) is 5.19. The van der Waals surface area contributed by atoms with Crippen molar-refractivity contribution < 1.29 is 9.53 Å². The maximum absolute atomic E-state index is 12.5. The monoisotopic (exact) mass is 351 g/mol. The third-order valence-corrected chi connectivity index (χ3v) is 4.89. The Hall–Kier alpha value is -2.59. The first-order valence-corrected chi connectivity index (χ1v) is 9.05. The van der Waals surface area contributed by atoms with Crippen LogP contribution in [-0.2, 0) is 6.61 Å². The van der Waals surface area contributed by atoms with Crippen molar-refractivity contribution in [1.29, 1.82) is 0 Å². The molecule has 4 heteroatoms. The van der Waals surface area contributed by atoms with Crippen molar-refractivity contribution in [1.82, 2.24) is 0 Å². The summed E-state index contributed by atoms with van der Waals surface area (Å²) in [5.74, 6) is 0.757. The molecular weight excluding hydrogens is 330 g/mol. The van der Waals surface area contributed by atoms with E-state index in [0.717, 1.165) is 33.7 Å². The first kappa shape index (κ1) is 17.2. The lowest BCUT2D eigenvalue weighted by atomic mass is 10.1. The van der Waals surface area contributed by atoms with Gasteiger partial charge in [-0.3, -0.25) is 4.79 Å². The first-order valence-electron chi connectivity index (χ1n) is 8.17. The maximum Gasteiger partial charge on any atom is 0.265 e. The summed E-state index contributed by atoms with van der Waals surface area (Å²) in [6.45, 7) is 6.50. The van der Waals surface area contributed by atoms with Crippen LogP contribution in [0.15, 0.2) is 53.9 Å². The van der Waals surface area contributed by atoms with Crippen molar-refractivity contribution in [3.63, 3.8) is 0 Å². The van der Waals surface area contributed by atoms with Crippen molar-refractivity contribution in [2.45, 2.75) is 27.4 Å². The van der Waals surface area contributed by atoms with Gasteiger partial charge in [-0.2, -0.15) is 0 Å². The van der Waals surface area contributed by atoms with Gasteiger partial charge in [0, 0.05) is 11.3 Å². The standard InChI is InChI=1S/C21H21NO2S/c1-14-5-4-6-18(9-14)24-12-17-11-20(25-13-17)21(23)22-19-10-15(2)7-8-16(19)3/h4-11,13H,12H2,1-3H3,(H,22,23). The summed E-state index contributed by atoms with van der Waals surface area (Å²) in [6, 6.07) is 15.9. The van der Waals surface area contributed by atoms with Crippen molar-refractivity contribution in [2.24, 2.45) is 0 Å². The van der Waals surface area contributed by atoms with E-state index in [-0.39, 0.29) is 5.91 Å². The quantitative estimate of drug-likeness (QED) is 0.659. The van der Waals surface area contributed by atoms with Crippen LogP contribution in [0.5, 0.6) is 5.75 Å². The van der Waals surface area contributed by atoms with E-state index in [2.05, 4.69) is 5.32 Å². The number of carbonyl (C=O) groups excluding carboxylic acids is 1. The summed E-state index contributed by atoms with van der Waals surface area (Å²) >= 11 is 1.43. The van der Waals surface area contributed by atoms with E-state index in [1.807, 2.05) is 74.7 Å². The minimum absolute atomic E-state index is 0.0829. The lowest BCUT2D eigenvalue weighted by molar-refractivity contribution is 0.103. The number of amides is 1. The van der Waals surface area contributed by atoms with Crippen LogP contribution in [-0.4, -0.2) is 5.91 Å². The van der Waals surface area contributed by atoms with E-state index in [9.17, 15) is 4.79 Å². The van der Waals surface area contributed by atoms with Crippen molar-refractivity contribution in [3.8, 4) is 5.75 Å². The van der Waals surface area contributed by atoms with Crippen LogP contribution in [0.1, 0.15) is 31.9 Å². The number of hydrogen-bond donors (Lipinski definition) is 1. The zero-order chi connectivity index (χ0) is 17.8. The second-order valence-corrected chi connectivity index (χ2v) is 7.11. The highest BCUT2D eigenvalue weighted by Gasteiger charge is 2.11. The van der Waals surface area contributed by atoms with Crippen LogP contribution < -0.4 is 10.1 Å². The largest absolute Gasteiger partial charge is 0.489 e. The molecule has 0 aliphatic rings. The van der Waals surface area contributed by atoms with Gasteiger partial charge < -0.3 is 10.1 Å². The predicted molar refractivity (Wildman–Crippen MR) is 104 cm³/mol. The molecule has 0 radical (unpaired) electrons. The molecule has 0 saturated carbocycles. The molecule has 2 aromatic carbocycles. The summed E-state index contributed by atoms with van der Waals surface area (Å²) in [4.78, 5) is 13.2. The van der Waals surface area contributed by atoms with Gasteiger partial charge in [-0.25, -0.2) is 0 Å². The van der Waals surface area contributed by atoms with Crippen LogP contribution in [0.4, 0.5) is 5.69 Å². The Morgan fingerprint density at radius 1 is 1.04 bits per heavy atom. The molecule has 3 aromatic rings. The molecular formula is C21H21NO2S. The van der Waals surface area contributed by atoms with Crippen LogP contribution in [0.25, 0.3) is 0 Å². The maximum atomic E-state index is 12.5. The van der Waals surface area contributed by atoms with Crippen molar-refractivity contribution in [2.75, 3.05) is 5.32 Å². The fourth-order valence-electron chi connectivity index (χ4n) is 2.50. The Balaban J connectivity index is 1.64. The van der Waals surface area contributed by atoms with Gasteiger partial charge in [0.05, 0.1) is 4.88 Å². The topological polar surface area (TPSA) is 38.3 Å². The molecule has 3 rings (SSSR count). The molecule has 0 aliphatic carbocycles. The normalized spacial score (nSPS) is 10.5. The van der Waals surface area contributed by atoms with Gasteiger partial charge in [-0.15, -0.1) is 11.3 Å². The smallest absolute Gasteiger partial charge is 0.265 e. The number of carbonyl (C=O) groups is 1. The van der Waals surface area contributed by atoms with E-state index >= 15 is 0 Å². The molecule has 0 atom stereocenters. The van der Waals surface area contributed by atoms with Crippen LogP contribution in [0, 0.1) is 20.8 Å². The molecule has 128 valence electrons. The highest BCUT2D eigenvalue weighted by molar-refractivity contribution is 7.12. The number of anilines is 1. The molecule has 0 saturated heterocycles. The number of benzene rings is 2. The molecule has 0 bridgehead atoms. The molecule has 1 aromatic heterocycles. The molecule has 1 heterocycles. The Bertz CT molecular complexity index is 898. The average molecular weight is 351 g/mol. The van der Waals surface area contributed by atoms with Crippen LogP contribution in [0.2, 0.25) is 0 Å². The van der Waals surface area contributed by atoms with Gasteiger partial charge in [0.2, 0.25) is 0 Å². The number of thiophene rings is 1. The minimum atomic E-state index is -0.0829. The third kappa shape index (κ3) is 4.48. The van der Waals surface area contributed by atoms with E-state index in [1.54, 1.807) is 0 Å². The van der Waals surface area contributed by atoms with Gasteiger partial charge in [0.25, 0.3) is 5.91 Å². The van der Waals surface area contributed by atoms with Gasteiger partial charge in [0.1, 0.15) is 12.4 Å². The molecule has 0 spiro atoms. The Morgan fingerprint density at radius 2 is 1.84 bits per heavy atom. The highest BCUT2D eigenvalue weighted by Crippen LogP contribution is 2.22. The van der Waals surface area contributed by atoms with Crippen LogP contribution in [0.3, 0.4) is 0 Å². The Labute approximate surface area is 152 Å². The van der Waals surface area contributed by atoms with E-state index in [4.69, 9.17) is 4.74 Å². The van der Waals surface area contributed by atoms with Gasteiger partial charge in [0.15, 0.2) is 0 Å². The van der Waals surface area contributed by atoms with Gasteiger partial charge in [-0.05, 0) is 67.1 Å². The third-order valence-electron chi connectivity index (χ3n) is 3.91. The molecule has 1 N–H and O–H groups in total. The molecule has 0 fully saturated rings. The van der Waals surface area contributed by atoms with Crippen molar-refractivity contribution >= 4 is 22.9 Å². The zero-order valence-electron chi connectivity index (χ0n) is 14.6. The molecule has 25 heavy (non-hydrogen) atoms. The number of nitrogens with one attached hydrogen (secondary N) is 1. The number of ether oxygens (including phenoxy) is 1. The summed E-state index contributed by atoms with van der Waals surface area (Å²) < 4.78 is 5.79. The predicted octanol–water partition coefficient (Wildman–Crippen LogP) is 5.50. The second-order valence-electron chi connectivity index (χ2n) is 6.20. The zero-order valence-corrected chi connectivity index (χ0v) is 15.4. The second kappa shape index (κ2) is 7.53. The number of hydrogen-bond acceptors (Lipinski definition) is 3. The molecule has 0 unspecified atom stereocenters. The van der Waals surface area contributed by atoms with E-state index in [0.29, 0.717) is 11.5 Å². The lowest BCUT2D eigenvalue weighted by Gasteiger charge is -2.08. The summed E-state index contributed by atoms with van der Waals surface area (Å²) in [5.41, 5.74) is 5.20. The number of rotatable bonds is 5. The van der Waals surface area contributed by atoms with E-state index in [1.165, 1.54) is 11.3 Å². The van der Waals surface area contributed by atoms with Gasteiger partial charge in [-0.1, -0.05) is 24.3 Å². The first-order chi connectivity index (χ1) is 12.0. The average Bonchev–Trinajstić information content (AvgIpc) is 3.05. The SMILES string of the molecule is Cc1cccc(OCc2csc(C(=O)Nc3cc(C)ccc3C)c2)c1.